The number of fused-ring (bicyclic) bond motifs is 1. The molecule has 25 heavy (non-hydrogen) atoms. The molecule has 1 N–H and O–H groups in total. The van der Waals surface area contributed by atoms with E-state index < -0.39 is 0 Å². The van der Waals surface area contributed by atoms with Gasteiger partial charge in [-0.05, 0) is 42.5 Å². The average molecular weight is 331 g/mol. The number of nitrogens with zero attached hydrogens (tertiary/aromatic N) is 1. The Morgan fingerprint density at radius 1 is 1.12 bits per heavy atom. The van der Waals surface area contributed by atoms with E-state index in [1.807, 2.05) is 37.3 Å². The topological polar surface area (TPSA) is 41.8 Å². The molecule has 0 saturated carbocycles. The molecule has 3 aromatic carbocycles. The molecule has 3 nitrogen and oxygen atoms in total. The second-order valence-corrected chi connectivity index (χ2v) is 5.71. The minimum atomic E-state index is 0.170. The standard InChI is InChI=1S/C22H21NO2/c1-3-8-18-13-16(14-21(22(18)24)25-4-2)15-23-20-12-7-10-17-9-5-6-11-19(17)20/h3,5-7,9-15,24H,1,4,8H2,2H3. The van der Waals surface area contributed by atoms with Crippen LogP contribution in [0.1, 0.15) is 18.1 Å². The lowest BCUT2D eigenvalue weighted by Gasteiger charge is -2.11. The molecule has 0 fully saturated rings. The second kappa shape index (κ2) is 7.67. The Kier molecular flexibility index (Phi) is 5.14. The molecule has 0 aliphatic carbocycles. The molecule has 0 aliphatic heterocycles. The summed E-state index contributed by atoms with van der Waals surface area (Å²) < 4.78 is 5.54. The van der Waals surface area contributed by atoms with Crippen molar-refractivity contribution in [2.24, 2.45) is 4.99 Å². The fraction of sp³-hybridized carbons (Fsp3) is 0.136. The lowest BCUT2D eigenvalue weighted by atomic mass is 10.1. The van der Waals surface area contributed by atoms with Crippen molar-refractivity contribution >= 4 is 22.7 Å². The maximum atomic E-state index is 10.3. The van der Waals surface area contributed by atoms with Crippen molar-refractivity contribution in [3.8, 4) is 11.5 Å². The Bertz CT molecular complexity index is 923. The highest BCUT2D eigenvalue weighted by Crippen LogP contribution is 2.32. The van der Waals surface area contributed by atoms with Crippen LogP contribution in [0.15, 0.2) is 72.2 Å². The van der Waals surface area contributed by atoms with Crippen molar-refractivity contribution in [2.75, 3.05) is 6.61 Å². The fourth-order valence-corrected chi connectivity index (χ4v) is 2.81. The van der Waals surface area contributed by atoms with Crippen LogP contribution in [0.25, 0.3) is 10.8 Å². The van der Waals surface area contributed by atoms with Crippen LogP contribution in [0.3, 0.4) is 0 Å². The van der Waals surface area contributed by atoms with Crippen molar-refractivity contribution in [1.29, 1.82) is 0 Å². The molecule has 0 radical (unpaired) electrons. The van der Waals surface area contributed by atoms with Crippen LogP contribution in [0, 0.1) is 0 Å². The molecular formula is C22H21NO2. The number of allylic oxidation sites excluding steroid dienone is 1. The van der Waals surface area contributed by atoms with E-state index in [9.17, 15) is 5.11 Å². The van der Waals surface area contributed by atoms with Crippen LogP contribution < -0.4 is 4.74 Å². The fourth-order valence-electron chi connectivity index (χ4n) is 2.81. The summed E-state index contributed by atoms with van der Waals surface area (Å²) in [7, 11) is 0. The van der Waals surface area contributed by atoms with Gasteiger partial charge in [0.15, 0.2) is 11.5 Å². The minimum Gasteiger partial charge on any atom is -0.504 e. The smallest absolute Gasteiger partial charge is 0.161 e. The van der Waals surface area contributed by atoms with Gasteiger partial charge in [-0.2, -0.15) is 0 Å². The zero-order chi connectivity index (χ0) is 17.6. The van der Waals surface area contributed by atoms with Gasteiger partial charge in [-0.3, -0.25) is 4.99 Å². The highest BCUT2D eigenvalue weighted by atomic mass is 16.5. The average Bonchev–Trinajstić information content (AvgIpc) is 2.64. The summed E-state index contributed by atoms with van der Waals surface area (Å²) in [6.07, 6.45) is 4.13. The zero-order valence-electron chi connectivity index (χ0n) is 14.3. The van der Waals surface area contributed by atoms with Gasteiger partial charge in [-0.15, -0.1) is 6.58 Å². The molecule has 0 heterocycles. The molecule has 3 heteroatoms. The normalized spacial score (nSPS) is 11.1. The first-order valence-corrected chi connectivity index (χ1v) is 8.34. The van der Waals surface area contributed by atoms with Gasteiger partial charge in [0.2, 0.25) is 0 Å². The van der Waals surface area contributed by atoms with Crippen LogP contribution in [0.5, 0.6) is 11.5 Å². The quantitative estimate of drug-likeness (QED) is 0.484. The molecule has 3 rings (SSSR count). The maximum Gasteiger partial charge on any atom is 0.161 e. The Morgan fingerprint density at radius 2 is 1.92 bits per heavy atom. The van der Waals surface area contributed by atoms with Gasteiger partial charge in [-0.1, -0.05) is 42.5 Å². The van der Waals surface area contributed by atoms with Gasteiger partial charge in [0.05, 0.1) is 12.3 Å². The number of hydrogen-bond acceptors (Lipinski definition) is 3. The van der Waals surface area contributed by atoms with Gasteiger partial charge in [0.1, 0.15) is 0 Å². The van der Waals surface area contributed by atoms with Crippen LogP contribution in [0.4, 0.5) is 5.69 Å². The molecule has 126 valence electrons. The van der Waals surface area contributed by atoms with E-state index in [1.54, 1.807) is 18.4 Å². The molecule has 0 unspecified atom stereocenters. The van der Waals surface area contributed by atoms with Crippen molar-refractivity contribution in [2.45, 2.75) is 13.3 Å². The van der Waals surface area contributed by atoms with E-state index in [2.05, 4.69) is 29.8 Å². The zero-order valence-corrected chi connectivity index (χ0v) is 14.3. The largest absolute Gasteiger partial charge is 0.504 e. The number of phenolic OH excluding ortho intramolecular Hbond substituents is 1. The van der Waals surface area contributed by atoms with Gasteiger partial charge in [-0.25, -0.2) is 0 Å². The van der Waals surface area contributed by atoms with Crippen molar-refractivity contribution in [1.82, 2.24) is 0 Å². The number of rotatable bonds is 6. The van der Waals surface area contributed by atoms with E-state index in [0.29, 0.717) is 18.8 Å². The third-order valence-corrected chi connectivity index (χ3v) is 3.96. The lowest BCUT2D eigenvalue weighted by molar-refractivity contribution is 0.317. The maximum absolute atomic E-state index is 10.3. The van der Waals surface area contributed by atoms with Crippen molar-refractivity contribution in [3.05, 3.63) is 78.4 Å². The first kappa shape index (κ1) is 16.8. The van der Waals surface area contributed by atoms with Crippen molar-refractivity contribution in [3.63, 3.8) is 0 Å². The number of aliphatic imine (C=N–C) groups is 1. The number of benzene rings is 3. The lowest BCUT2D eigenvalue weighted by Crippen LogP contribution is -1.96. The Labute approximate surface area is 147 Å². The van der Waals surface area contributed by atoms with Crippen LogP contribution in [0.2, 0.25) is 0 Å². The summed E-state index contributed by atoms with van der Waals surface area (Å²) in [5, 5.41) is 12.6. The first-order valence-electron chi connectivity index (χ1n) is 8.34. The van der Waals surface area contributed by atoms with E-state index in [4.69, 9.17) is 4.74 Å². The van der Waals surface area contributed by atoms with E-state index in [1.165, 1.54) is 0 Å². The van der Waals surface area contributed by atoms with Crippen molar-refractivity contribution < 1.29 is 9.84 Å². The first-order chi connectivity index (χ1) is 12.2. The van der Waals surface area contributed by atoms with E-state index in [-0.39, 0.29) is 5.75 Å². The number of phenols is 1. The molecule has 3 aromatic rings. The number of hydrogen-bond donors (Lipinski definition) is 1. The molecule has 0 aliphatic rings. The van der Waals surface area contributed by atoms with Gasteiger partial charge < -0.3 is 9.84 Å². The SMILES string of the molecule is C=CCc1cc(C=Nc2cccc3ccccc23)cc(OCC)c1O. The summed E-state index contributed by atoms with van der Waals surface area (Å²) in [5.74, 6) is 0.644. The molecule has 0 atom stereocenters. The Morgan fingerprint density at radius 3 is 2.72 bits per heavy atom. The van der Waals surface area contributed by atoms with Gasteiger partial charge in [0.25, 0.3) is 0 Å². The Hall–Kier alpha value is -3.07. The molecule has 0 spiro atoms. The molecule has 0 amide bonds. The highest BCUT2D eigenvalue weighted by molar-refractivity contribution is 5.95. The monoisotopic (exact) mass is 331 g/mol. The minimum absolute atomic E-state index is 0.170. The third-order valence-electron chi connectivity index (χ3n) is 3.96. The van der Waals surface area contributed by atoms with E-state index >= 15 is 0 Å². The molecular weight excluding hydrogens is 310 g/mol. The van der Waals surface area contributed by atoms with Gasteiger partial charge in [0, 0.05) is 17.2 Å². The number of ether oxygens (including phenoxy) is 1. The summed E-state index contributed by atoms with van der Waals surface area (Å²) in [6.45, 7) is 6.13. The molecule has 0 aromatic heterocycles. The predicted octanol–water partition coefficient (Wildman–Crippen LogP) is 5.42. The van der Waals surface area contributed by atoms with Crippen LogP contribution in [-0.2, 0) is 6.42 Å². The Balaban J connectivity index is 2.01. The van der Waals surface area contributed by atoms with Crippen LogP contribution >= 0.6 is 0 Å². The van der Waals surface area contributed by atoms with Gasteiger partial charge >= 0.3 is 0 Å². The highest BCUT2D eigenvalue weighted by Gasteiger charge is 2.09. The molecule has 0 bridgehead atoms. The molecule has 0 saturated heterocycles. The summed E-state index contributed by atoms with van der Waals surface area (Å²) in [6, 6.07) is 18.0. The number of aromatic hydroxyl groups is 1. The summed E-state index contributed by atoms with van der Waals surface area (Å²) >= 11 is 0. The predicted molar refractivity (Wildman–Crippen MR) is 104 cm³/mol. The summed E-state index contributed by atoms with van der Waals surface area (Å²) in [5.41, 5.74) is 2.57. The summed E-state index contributed by atoms with van der Waals surface area (Å²) in [4.78, 5) is 4.65. The van der Waals surface area contributed by atoms with Crippen LogP contribution in [-0.4, -0.2) is 17.9 Å². The third kappa shape index (κ3) is 3.72. The second-order valence-electron chi connectivity index (χ2n) is 5.71. The van der Waals surface area contributed by atoms with E-state index in [0.717, 1.165) is 27.6 Å².